The summed E-state index contributed by atoms with van der Waals surface area (Å²) < 4.78 is 40.0. The molecule has 6 heteroatoms. The van der Waals surface area contributed by atoms with Crippen LogP contribution < -0.4 is 5.73 Å². The zero-order valence-corrected chi connectivity index (χ0v) is 12.3. The van der Waals surface area contributed by atoms with Crippen LogP contribution in [0.4, 0.5) is 4.39 Å². The van der Waals surface area contributed by atoms with Crippen molar-refractivity contribution in [2.24, 2.45) is 5.73 Å². The molecule has 1 aromatic rings. The molecule has 0 unspecified atom stereocenters. The van der Waals surface area contributed by atoms with Crippen LogP contribution in [0.3, 0.4) is 0 Å². The molecule has 0 aromatic heterocycles. The van der Waals surface area contributed by atoms with E-state index in [1.54, 1.807) is 0 Å². The van der Waals surface area contributed by atoms with Gasteiger partial charge in [-0.05, 0) is 24.6 Å². The summed E-state index contributed by atoms with van der Waals surface area (Å²) >= 11 is 0. The smallest absolute Gasteiger partial charge is 0.243 e. The lowest BCUT2D eigenvalue weighted by atomic mass is 10.1. The van der Waals surface area contributed by atoms with Gasteiger partial charge in [0.1, 0.15) is 5.82 Å². The first-order valence-corrected chi connectivity index (χ1v) is 7.53. The SMILES string of the molecule is C=CCN(CC=C)S(=O)(=O)c1cc(C)c(F)c(CN)c1. The molecule has 0 amide bonds. The molecule has 4 nitrogen and oxygen atoms in total. The number of nitrogens with zero attached hydrogens (tertiary/aromatic N) is 1. The fourth-order valence-electron chi connectivity index (χ4n) is 1.81. The Morgan fingerprint density at radius 1 is 1.30 bits per heavy atom. The summed E-state index contributed by atoms with van der Waals surface area (Å²) in [5.74, 6) is -0.467. The van der Waals surface area contributed by atoms with Gasteiger partial charge in [0.15, 0.2) is 0 Å². The van der Waals surface area contributed by atoms with Gasteiger partial charge in [-0.3, -0.25) is 0 Å². The molecule has 110 valence electrons. The number of benzene rings is 1. The van der Waals surface area contributed by atoms with Crippen LogP contribution >= 0.6 is 0 Å². The summed E-state index contributed by atoms with van der Waals surface area (Å²) in [5.41, 5.74) is 5.88. The molecule has 2 N–H and O–H groups in total. The number of sulfonamides is 1. The van der Waals surface area contributed by atoms with Crippen molar-refractivity contribution < 1.29 is 12.8 Å². The zero-order chi connectivity index (χ0) is 15.3. The lowest BCUT2D eigenvalue weighted by molar-refractivity contribution is 0.473. The van der Waals surface area contributed by atoms with Gasteiger partial charge in [0.05, 0.1) is 4.90 Å². The topological polar surface area (TPSA) is 63.4 Å². The maximum atomic E-state index is 13.7. The van der Waals surface area contributed by atoms with Crippen molar-refractivity contribution in [2.75, 3.05) is 13.1 Å². The van der Waals surface area contributed by atoms with E-state index in [9.17, 15) is 12.8 Å². The first-order valence-electron chi connectivity index (χ1n) is 6.09. The van der Waals surface area contributed by atoms with Gasteiger partial charge in [-0.2, -0.15) is 4.31 Å². The normalized spacial score (nSPS) is 11.6. The summed E-state index contributed by atoms with van der Waals surface area (Å²) in [6.45, 7) is 8.84. The average Bonchev–Trinajstić information content (AvgIpc) is 2.41. The highest BCUT2D eigenvalue weighted by Gasteiger charge is 2.24. The Bertz CT molecular complexity index is 602. The predicted molar refractivity (Wildman–Crippen MR) is 78.2 cm³/mol. The molecular weight excluding hydrogens is 279 g/mol. The first kappa shape index (κ1) is 16.6. The van der Waals surface area contributed by atoms with Crippen molar-refractivity contribution in [3.8, 4) is 0 Å². The molecule has 0 bridgehead atoms. The highest BCUT2D eigenvalue weighted by molar-refractivity contribution is 7.89. The van der Waals surface area contributed by atoms with E-state index in [0.29, 0.717) is 0 Å². The van der Waals surface area contributed by atoms with E-state index in [1.165, 1.54) is 35.5 Å². The molecule has 0 saturated heterocycles. The standard InChI is InChI=1S/C14H19FN2O2S/c1-4-6-17(7-5-2)20(18,19)13-8-11(3)14(15)12(9-13)10-16/h4-5,8-9H,1-2,6-7,10,16H2,3H3. The van der Waals surface area contributed by atoms with E-state index >= 15 is 0 Å². The lowest BCUT2D eigenvalue weighted by Gasteiger charge is -2.20. The van der Waals surface area contributed by atoms with Gasteiger partial charge in [-0.25, -0.2) is 12.8 Å². The molecule has 0 heterocycles. The Morgan fingerprint density at radius 2 is 1.85 bits per heavy atom. The summed E-state index contributed by atoms with van der Waals surface area (Å²) in [7, 11) is -3.73. The predicted octanol–water partition coefficient (Wildman–Crippen LogP) is 1.96. The minimum Gasteiger partial charge on any atom is -0.326 e. The Morgan fingerprint density at radius 3 is 2.30 bits per heavy atom. The molecule has 20 heavy (non-hydrogen) atoms. The lowest BCUT2D eigenvalue weighted by Crippen LogP contribution is -2.31. The van der Waals surface area contributed by atoms with Gasteiger partial charge < -0.3 is 5.73 Å². The van der Waals surface area contributed by atoms with E-state index < -0.39 is 15.8 Å². The number of halogens is 1. The molecule has 0 saturated carbocycles. The number of hydrogen-bond acceptors (Lipinski definition) is 3. The van der Waals surface area contributed by atoms with Crippen LogP contribution in [0.5, 0.6) is 0 Å². The summed E-state index contributed by atoms with van der Waals surface area (Å²) in [5, 5.41) is 0. The minimum atomic E-state index is -3.73. The van der Waals surface area contributed by atoms with E-state index in [4.69, 9.17) is 5.73 Å². The second kappa shape index (κ2) is 6.78. The monoisotopic (exact) mass is 298 g/mol. The van der Waals surface area contributed by atoms with Crippen molar-refractivity contribution in [2.45, 2.75) is 18.4 Å². The van der Waals surface area contributed by atoms with Crippen LogP contribution in [0.25, 0.3) is 0 Å². The van der Waals surface area contributed by atoms with Gasteiger partial charge in [-0.1, -0.05) is 12.2 Å². The summed E-state index contributed by atoms with van der Waals surface area (Å²) in [6.07, 6.45) is 2.97. The van der Waals surface area contributed by atoms with E-state index in [1.807, 2.05) is 0 Å². The highest BCUT2D eigenvalue weighted by atomic mass is 32.2. The molecule has 0 aliphatic rings. The molecule has 0 atom stereocenters. The average molecular weight is 298 g/mol. The minimum absolute atomic E-state index is 0.0283. The van der Waals surface area contributed by atoms with Crippen molar-refractivity contribution in [1.82, 2.24) is 4.31 Å². The second-order valence-electron chi connectivity index (χ2n) is 4.32. The maximum Gasteiger partial charge on any atom is 0.243 e. The molecule has 0 aliphatic carbocycles. The van der Waals surface area contributed by atoms with Crippen molar-refractivity contribution in [3.63, 3.8) is 0 Å². The third-order valence-corrected chi connectivity index (χ3v) is 4.64. The number of hydrogen-bond donors (Lipinski definition) is 1. The fraction of sp³-hybridized carbons (Fsp3) is 0.286. The Hall–Kier alpha value is -1.50. The van der Waals surface area contributed by atoms with Gasteiger partial charge in [0.25, 0.3) is 0 Å². The number of aryl methyl sites for hydroxylation is 1. The molecule has 0 fully saturated rings. The fourth-order valence-corrected chi connectivity index (χ4v) is 3.33. The summed E-state index contributed by atoms with van der Waals surface area (Å²) in [4.78, 5) is 0.0283. The van der Waals surface area contributed by atoms with Crippen LogP contribution in [-0.4, -0.2) is 25.8 Å². The molecule has 0 aliphatic heterocycles. The van der Waals surface area contributed by atoms with Gasteiger partial charge in [-0.15, -0.1) is 13.2 Å². The molecule has 0 radical (unpaired) electrons. The van der Waals surface area contributed by atoms with Crippen LogP contribution in [0.15, 0.2) is 42.3 Å². The second-order valence-corrected chi connectivity index (χ2v) is 6.25. The molecule has 1 aromatic carbocycles. The maximum absolute atomic E-state index is 13.7. The van der Waals surface area contributed by atoms with E-state index in [-0.39, 0.29) is 35.7 Å². The Kier molecular flexibility index (Phi) is 5.62. The van der Waals surface area contributed by atoms with Crippen LogP contribution in [-0.2, 0) is 16.6 Å². The number of nitrogens with two attached hydrogens (primary N) is 1. The first-order chi connectivity index (χ1) is 9.38. The van der Waals surface area contributed by atoms with Gasteiger partial charge >= 0.3 is 0 Å². The largest absolute Gasteiger partial charge is 0.326 e. The Labute approximate surface area is 119 Å². The van der Waals surface area contributed by atoms with Gasteiger partial charge in [0, 0.05) is 25.2 Å². The van der Waals surface area contributed by atoms with Crippen LogP contribution in [0.2, 0.25) is 0 Å². The van der Waals surface area contributed by atoms with Crippen LogP contribution in [0.1, 0.15) is 11.1 Å². The van der Waals surface area contributed by atoms with Crippen molar-refractivity contribution in [3.05, 3.63) is 54.4 Å². The third kappa shape index (κ3) is 3.33. The van der Waals surface area contributed by atoms with Crippen molar-refractivity contribution >= 4 is 10.0 Å². The van der Waals surface area contributed by atoms with E-state index in [2.05, 4.69) is 13.2 Å². The third-order valence-electron chi connectivity index (χ3n) is 2.83. The van der Waals surface area contributed by atoms with Gasteiger partial charge in [0.2, 0.25) is 10.0 Å². The zero-order valence-electron chi connectivity index (χ0n) is 11.5. The number of rotatable bonds is 7. The summed E-state index contributed by atoms with van der Waals surface area (Å²) in [6, 6.07) is 2.58. The van der Waals surface area contributed by atoms with Crippen molar-refractivity contribution in [1.29, 1.82) is 0 Å². The van der Waals surface area contributed by atoms with Crippen LogP contribution in [0, 0.1) is 12.7 Å². The molecule has 1 rings (SSSR count). The quantitative estimate of drug-likeness (QED) is 0.783. The molecular formula is C14H19FN2O2S. The Balaban J connectivity index is 3.36. The van der Waals surface area contributed by atoms with E-state index in [0.717, 1.165) is 0 Å². The highest BCUT2D eigenvalue weighted by Crippen LogP contribution is 2.22. The molecule has 0 spiro atoms.